The van der Waals surface area contributed by atoms with Crippen molar-refractivity contribution in [1.82, 2.24) is 5.32 Å². The van der Waals surface area contributed by atoms with E-state index in [0.717, 1.165) is 10.1 Å². The lowest BCUT2D eigenvalue weighted by atomic mass is 10.2. The van der Waals surface area contributed by atoms with Gasteiger partial charge in [0.1, 0.15) is 6.54 Å². The Bertz CT molecular complexity index is 1230. The third-order valence-corrected chi connectivity index (χ3v) is 7.71. The van der Waals surface area contributed by atoms with Crippen LogP contribution in [0, 0.1) is 17.0 Å². The molecular weight excluding hydrogens is 474 g/mol. The average molecular weight is 500 g/mol. The Morgan fingerprint density at radius 3 is 2.38 bits per heavy atom. The van der Waals surface area contributed by atoms with E-state index in [9.17, 15) is 23.3 Å². The van der Waals surface area contributed by atoms with Crippen LogP contribution in [0.3, 0.4) is 0 Å². The molecule has 3 rings (SSSR count). The van der Waals surface area contributed by atoms with Gasteiger partial charge in [0.25, 0.3) is 15.7 Å². The van der Waals surface area contributed by atoms with E-state index < -0.39 is 27.4 Å². The number of nitro benzene ring substituents is 1. The van der Waals surface area contributed by atoms with Gasteiger partial charge in [-0.05, 0) is 36.8 Å². The lowest BCUT2D eigenvalue weighted by Crippen LogP contribution is -2.41. The molecule has 8 nitrogen and oxygen atoms in total. The van der Waals surface area contributed by atoms with Crippen molar-refractivity contribution in [3.8, 4) is 0 Å². The first kappa shape index (κ1) is 25.3. The van der Waals surface area contributed by atoms with Gasteiger partial charge in [0.15, 0.2) is 0 Å². The molecule has 0 aliphatic heterocycles. The molecule has 178 valence electrons. The van der Waals surface area contributed by atoms with Gasteiger partial charge in [-0.25, -0.2) is 8.42 Å². The second-order valence-corrected chi connectivity index (χ2v) is 10.5. The van der Waals surface area contributed by atoms with Crippen molar-refractivity contribution in [3.63, 3.8) is 0 Å². The third kappa shape index (κ3) is 6.82. The number of nitrogens with one attached hydrogen (secondary N) is 1. The third-order valence-electron chi connectivity index (χ3n) is 4.89. The fourth-order valence-electron chi connectivity index (χ4n) is 3.22. The van der Waals surface area contributed by atoms with Gasteiger partial charge >= 0.3 is 0 Å². The number of amides is 1. The van der Waals surface area contributed by atoms with Gasteiger partial charge in [-0.15, -0.1) is 0 Å². The Labute approximate surface area is 203 Å². The summed E-state index contributed by atoms with van der Waals surface area (Å²) in [5, 5.41) is 13.7. The molecule has 0 spiro atoms. The number of sulfonamides is 1. The van der Waals surface area contributed by atoms with Gasteiger partial charge in [-0.2, -0.15) is 11.8 Å². The zero-order valence-electron chi connectivity index (χ0n) is 18.6. The fraction of sp³-hybridized carbons (Fsp3) is 0.208. The van der Waals surface area contributed by atoms with Crippen molar-refractivity contribution in [3.05, 3.63) is 100 Å². The number of nitrogens with zero attached hydrogens (tertiary/aromatic N) is 2. The minimum atomic E-state index is -4.06. The number of hydrogen-bond donors (Lipinski definition) is 1. The minimum Gasteiger partial charge on any atom is -0.354 e. The first-order valence-corrected chi connectivity index (χ1v) is 13.1. The number of hydrogen-bond acceptors (Lipinski definition) is 6. The molecule has 3 aromatic carbocycles. The molecule has 0 fully saturated rings. The molecule has 0 aliphatic rings. The largest absolute Gasteiger partial charge is 0.354 e. The number of non-ortho nitro benzene ring substituents is 1. The van der Waals surface area contributed by atoms with Crippen molar-refractivity contribution in [1.29, 1.82) is 0 Å². The van der Waals surface area contributed by atoms with Gasteiger partial charge in [0.05, 0.1) is 15.5 Å². The summed E-state index contributed by atoms with van der Waals surface area (Å²) in [6, 6.07) is 21.0. The number of carbonyl (C=O) groups is 1. The summed E-state index contributed by atoms with van der Waals surface area (Å²) in [4.78, 5) is 23.0. The highest BCUT2D eigenvalue weighted by Crippen LogP contribution is 2.25. The number of benzene rings is 3. The highest BCUT2D eigenvalue weighted by Gasteiger charge is 2.27. The predicted octanol–water partition coefficient (Wildman–Crippen LogP) is 4.15. The zero-order valence-corrected chi connectivity index (χ0v) is 20.2. The van der Waals surface area contributed by atoms with E-state index in [4.69, 9.17) is 0 Å². The molecular formula is C24H25N3O5S2. The number of anilines is 1. The van der Waals surface area contributed by atoms with E-state index in [0.29, 0.717) is 12.3 Å². The van der Waals surface area contributed by atoms with Crippen molar-refractivity contribution in [2.24, 2.45) is 0 Å². The molecule has 10 heteroatoms. The summed E-state index contributed by atoms with van der Waals surface area (Å²) in [7, 11) is -4.06. The van der Waals surface area contributed by atoms with Crippen molar-refractivity contribution >= 4 is 39.1 Å². The molecule has 0 unspecified atom stereocenters. The maximum absolute atomic E-state index is 13.3. The van der Waals surface area contributed by atoms with Crippen LogP contribution in [0.25, 0.3) is 0 Å². The van der Waals surface area contributed by atoms with E-state index in [2.05, 4.69) is 17.4 Å². The molecule has 0 bridgehead atoms. The van der Waals surface area contributed by atoms with E-state index in [1.807, 2.05) is 19.1 Å². The summed E-state index contributed by atoms with van der Waals surface area (Å²) >= 11 is 1.67. The average Bonchev–Trinajstić information content (AvgIpc) is 2.83. The maximum atomic E-state index is 13.3. The molecule has 0 saturated carbocycles. The van der Waals surface area contributed by atoms with Gasteiger partial charge in [-0.1, -0.05) is 48.0 Å². The smallest absolute Gasteiger partial charge is 0.269 e. The van der Waals surface area contributed by atoms with Crippen molar-refractivity contribution in [2.45, 2.75) is 17.6 Å². The molecule has 0 saturated heterocycles. The summed E-state index contributed by atoms with van der Waals surface area (Å²) in [5.41, 5.74) is 2.39. The second kappa shape index (κ2) is 11.7. The first-order chi connectivity index (χ1) is 16.3. The van der Waals surface area contributed by atoms with Crippen LogP contribution in [-0.4, -0.2) is 38.1 Å². The topological polar surface area (TPSA) is 110 Å². The standard InChI is InChI=1S/C24H25N3O5S2/c1-19-6-5-7-20(16-19)18-33-15-14-25-24(28)17-26(21-10-12-22(13-11-21)27(29)30)34(31,32)23-8-3-2-4-9-23/h2-13,16H,14-15,17-18H2,1H3,(H,25,28). The van der Waals surface area contributed by atoms with Crippen LogP contribution in [0.2, 0.25) is 0 Å². The summed E-state index contributed by atoms with van der Waals surface area (Å²) in [6.45, 7) is 1.97. The Morgan fingerprint density at radius 2 is 1.74 bits per heavy atom. The Kier molecular flexibility index (Phi) is 8.67. The van der Waals surface area contributed by atoms with Crippen molar-refractivity contribution in [2.75, 3.05) is 23.1 Å². The highest BCUT2D eigenvalue weighted by molar-refractivity contribution is 7.98. The lowest BCUT2D eigenvalue weighted by molar-refractivity contribution is -0.384. The van der Waals surface area contributed by atoms with Gasteiger partial charge in [0, 0.05) is 30.2 Å². The molecule has 1 amide bonds. The molecule has 0 aliphatic carbocycles. The first-order valence-electron chi connectivity index (χ1n) is 10.5. The number of carbonyl (C=O) groups excluding carboxylic acids is 1. The second-order valence-electron chi connectivity index (χ2n) is 7.49. The number of aryl methyl sites for hydroxylation is 1. The van der Waals surface area contributed by atoms with Crippen LogP contribution >= 0.6 is 11.8 Å². The van der Waals surface area contributed by atoms with E-state index in [1.165, 1.54) is 47.5 Å². The van der Waals surface area contributed by atoms with Crippen LogP contribution in [-0.2, 0) is 20.6 Å². The van der Waals surface area contributed by atoms with Crippen LogP contribution in [0.15, 0.2) is 83.8 Å². The monoisotopic (exact) mass is 499 g/mol. The number of rotatable bonds is 11. The fourth-order valence-corrected chi connectivity index (χ4v) is 5.46. The summed E-state index contributed by atoms with van der Waals surface area (Å²) in [6.07, 6.45) is 0. The van der Waals surface area contributed by atoms with E-state index in [1.54, 1.807) is 30.0 Å². The lowest BCUT2D eigenvalue weighted by Gasteiger charge is -2.24. The molecule has 1 N–H and O–H groups in total. The quantitative estimate of drug-likeness (QED) is 0.241. The Morgan fingerprint density at radius 1 is 1.03 bits per heavy atom. The van der Waals surface area contributed by atoms with Gasteiger partial charge in [-0.3, -0.25) is 19.2 Å². The van der Waals surface area contributed by atoms with Crippen LogP contribution in [0.5, 0.6) is 0 Å². The molecule has 34 heavy (non-hydrogen) atoms. The molecule has 0 heterocycles. The van der Waals surface area contributed by atoms with Gasteiger partial charge < -0.3 is 5.32 Å². The Hall–Kier alpha value is -3.37. The van der Waals surface area contributed by atoms with Crippen LogP contribution < -0.4 is 9.62 Å². The number of thioether (sulfide) groups is 1. The van der Waals surface area contributed by atoms with Gasteiger partial charge in [0.2, 0.25) is 5.91 Å². The van der Waals surface area contributed by atoms with E-state index >= 15 is 0 Å². The summed E-state index contributed by atoms with van der Waals surface area (Å²) in [5.74, 6) is 1.02. The molecule has 0 atom stereocenters. The predicted molar refractivity (Wildman–Crippen MR) is 134 cm³/mol. The maximum Gasteiger partial charge on any atom is 0.269 e. The number of nitro groups is 1. The minimum absolute atomic E-state index is 0.0230. The molecule has 0 radical (unpaired) electrons. The van der Waals surface area contributed by atoms with E-state index in [-0.39, 0.29) is 16.3 Å². The van der Waals surface area contributed by atoms with Crippen molar-refractivity contribution < 1.29 is 18.1 Å². The summed E-state index contributed by atoms with van der Waals surface area (Å²) < 4.78 is 27.5. The molecule has 3 aromatic rings. The highest BCUT2D eigenvalue weighted by atomic mass is 32.2. The van der Waals surface area contributed by atoms with Crippen LogP contribution in [0.1, 0.15) is 11.1 Å². The normalized spacial score (nSPS) is 11.1. The van der Waals surface area contributed by atoms with Crippen LogP contribution in [0.4, 0.5) is 11.4 Å². The zero-order chi connectivity index (χ0) is 24.6. The SMILES string of the molecule is Cc1cccc(CSCCNC(=O)CN(c2ccc([N+](=O)[O-])cc2)S(=O)(=O)c2ccccc2)c1. The molecule has 0 aromatic heterocycles. The Balaban J connectivity index is 1.66.